The molecule has 2 rings (SSSR count). The molecular weight excluding hydrogens is 256 g/mol. The summed E-state index contributed by atoms with van der Waals surface area (Å²) in [5.41, 5.74) is 5.88. The molecule has 0 amide bonds. The van der Waals surface area contributed by atoms with E-state index in [1.54, 1.807) is 0 Å². The number of halogens is 1. The van der Waals surface area contributed by atoms with Crippen LogP contribution in [-0.2, 0) is 15.9 Å². The highest BCUT2D eigenvalue weighted by atomic mass is 19.1. The van der Waals surface area contributed by atoms with E-state index in [1.165, 1.54) is 0 Å². The molecule has 1 atom stereocenters. The molecule has 0 bridgehead atoms. The highest BCUT2D eigenvalue weighted by molar-refractivity contribution is 6.61. The van der Waals surface area contributed by atoms with E-state index in [4.69, 9.17) is 20.2 Å². The fourth-order valence-electron chi connectivity index (χ4n) is 1.90. The molecule has 6 nitrogen and oxygen atoms in total. The van der Waals surface area contributed by atoms with Crippen molar-refractivity contribution in [2.45, 2.75) is 12.5 Å². The Labute approximate surface area is 109 Å². The minimum atomic E-state index is -1.30. The molecule has 1 aliphatic rings. The van der Waals surface area contributed by atoms with Gasteiger partial charge in [0.15, 0.2) is 0 Å². The average Bonchev–Trinajstić information content (AvgIpc) is 2.52. The van der Waals surface area contributed by atoms with Crippen LogP contribution in [0.3, 0.4) is 0 Å². The Hall–Kier alpha value is -1.64. The lowest BCUT2D eigenvalue weighted by molar-refractivity contribution is -0.138. The molecule has 0 radical (unpaired) electrons. The van der Waals surface area contributed by atoms with Crippen molar-refractivity contribution >= 4 is 18.6 Å². The normalized spacial score (nSPS) is 16.3. The van der Waals surface area contributed by atoms with Gasteiger partial charge in [-0.25, -0.2) is 4.39 Å². The maximum absolute atomic E-state index is 13.5. The topological polar surface area (TPSA) is 102 Å². The van der Waals surface area contributed by atoms with Crippen LogP contribution in [0.4, 0.5) is 4.39 Å². The minimum Gasteiger partial charge on any atom is -0.491 e. The number of carboxylic acids is 1. The summed E-state index contributed by atoms with van der Waals surface area (Å²) in [6.07, 6.45) is -0.0951. The Morgan fingerprint density at radius 3 is 2.95 bits per heavy atom. The van der Waals surface area contributed by atoms with E-state index in [0.29, 0.717) is 5.56 Å². The molecule has 1 aromatic rings. The van der Waals surface area contributed by atoms with Crippen LogP contribution in [-0.4, -0.2) is 42.5 Å². The van der Waals surface area contributed by atoms with Crippen LogP contribution in [0.1, 0.15) is 5.56 Å². The lowest BCUT2D eigenvalue weighted by Gasteiger charge is -2.15. The molecule has 1 aliphatic heterocycles. The molecular formula is C11H13BFNO5. The number of hydrogen-bond acceptors (Lipinski definition) is 5. The standard InChI is InChI=1S/C11H13BFNO5/c13-7-3-6(4-9(14)11(15)16)10-8(5-7)12(17)19-2-1-18-10/h3,5,9,17H,1-2,4,14H2,(H,15,16)/t9-/m0/s1. The van der Waals surface area contributed by atoms with E-state index in [0.717, 1.165) is 12.1 Å². The predicted molar refractivity (Wildman–Crippen MR) is 64.8 cm³/mol. The molecule has 0 saturated carbocycles. The zero-order valence-corrected chi connectivity index (χ0v) is 10.0. The van der Waals surface area contributed by atoms with Gasteiger partial charge in [-0.05, 0) is 17.7 Å². The van der Waals surface area contributed by atoms with Gasteiger partial charge >= 0.3 is 13.1 Å². The highest BCUT2D eigenvalue weighted by Gasteiger charge is 2.28. The Kier molecular flexibility index (Phi) is 4.03. The van der Waals surface area contributed by atoms with Crippen molar-refractivity contribution in [3.8, 4) is 5.75 Å². The average molecular weight is 269 g/mol. The molecule has 1 heterocycles. The van der Waals surface area contributed by atoms with Gasteiger partial charge in [-0.2, -0.15) is 0 Å². The van der Waals surface area contributed by atoms with Gasteiger partial charge in [-0.1, -0.05) is 0 Å². The maximum atomic E-state index is 13.5. The van der Waals surface area contributed by atoms with Crippen molar-refractivity contribution in [1.82, 2.24) is 0 Å². The number of fused-ring (bicyclic) bond motifs is 1. The molecule has 0 aliphatic carbocycles. The van der Waals surface area contributed by atoms with Crippen LogP contribution in [0, 0.1) is 5.82 Å². The lowest BCUT2D eigenvalue weighted by Crippen LogP contribution is -2.36. The van der Waals surface area contributed by atoms with Crippen LogP contribution in [0.25, 0.3) is 0 Å². The molecule has 8 heteroatoms. The second-order valence-corrected chi connectivity index (χ2v) is 4.20. The summed E-state index contributed by atoms with van der Waals surface area (Å²) in [6, 6.07) is 1.08. The quantitative estimate of drug-likeness (QED) is 0.600. The SMILES string of the molecule is N[C@@H](Cc1cc(F)cc2c1OCCOB2O)C(=O)O. The number of ether oxygens (including phenoxy) is 1. The van der Waals surface area contributed by atoms with Crippen LogP contribution in [0.15, 0.2) is 12.1 Å². The Morgan fingerprint density at radius 2 is 2.26 bits per heavy atom. The monoisotopic (exact) mass is 269 g/mol. The molecule has 1 aromatic carbocycles. The van der Waals surface area contributed by atoms with Gasteiger partial charge in [0.05, 0.1) is 6.61 Å². The largest absolute Gasteiger partial charge is 0.495 e. The lowest BCUT2D eigenvalue weighted by atomic mass is 9.77. The summed E-state index contributed by atoms with van der Waals surface area (Å²) in [5, 5.41) is 18.5. The molecule has 0 fully saturated rings. The first-order valence-corrected chi connectivity index (χ1v) is 5.72. The van der Waals surface area contributed by atoms with Crippen LogP contribution in [0.2, 0.25) is 0 Å². The van der Waals surface area contributed by atoms with Gasteiger partial charge in [-0.3, -0.25) is 4.79 Å². The first-order valence-electron chi connectivity index (χ1n) is 5.72. The van der Waals surface area contributed by atoms with Gasteiger partial charge in [0.25, 0.3) is 0 Å². The van der Waals surface area contributed by atoms with Crippen molar-refractivity contribution in [3.05, 3.63) is 23.5 Å². The summed E-state index contributed by atoms with van der Waals surface area (Å²) >= 11 is 0. The highest BCUT2D eigenvalue weighted by Crippen LogP contribution is 2.21. The number of benzene rings is 1. The Morgan fingerprint density at radius 1 is 1.53 bits per heavy atom. The number of rotatable bonds is 3. The van der Waals surface area contributed by atoms with E-state index in [1.807, 2.05) is 0 Å². The third-order valence-corrected chi connectivity index (χ3v) is 2.79. The third-order valence-electron chi connectivity index (χ3n) is 2.79. The summed E-state index contributed by atoms with van der Waals surface area (Å²) in [4.78, 5) is 10.8. The second kappa shape index (κ2) is 5.56. The number of aliphatic carboxylic acids is 1. The second-order valence-electron chi connectivity index (χ2n) is 4.20. The van der Waals surface area contributed by atoms with Crippen molar-refractivity contribution in [1.29, 1.82) is 0 Å². The van der Waals surface area contributed by atoms with E-state index in [-0.39, 0.29) is 30.8 Å². The van der Waals surface area contributed by atoms with Crippen LogP contribution in [0.5, 0.6) is 5.75 Å². The zero-order valence-electron chi connectivity index (χ0n) is 10.0. The van der Waals surface area contributed by atoms with Gasteiger partial charge < -0.3 is 25.3 Å². The fraction of sp³-hybridized carbons (Fsp3) is 0.364. The number of carboxylic acid groups (broad SMARTS) is 1. The van der Waals surface area contributed by atoms with Crippen molar-refractivity contribution in [3.63, 3.8) is 0 Å². The third kappa shape index (κ3) is 3.03. The predicted octanol–water partition coefficient (Wildman–Crippen LogP) is -1.12. The van der Waals surface area contributed by atoms with Gasteiger partial charge in [0, 0.05) is 11.9 Å². The molecule has 0 spiro atoms. The number of hydrogen-bond donors (Lipinski definition) is 3. The summed E-state index contributed by atoms with van der Waals surface area (Å²) in [5.74, 6) is -1.56. The van der Waals surface area contributed by atoms with Crippen molar-refractivity contribution in [2.24, 2.45) is 5.73 Å². The smallest absolute Gasteiger partial charge is 0.491 e. The summed E-state index contributed by atoms with van der Waals surface area (Å²) in [7, 11) is -1.30. The molecule has 0 unspecified atom stereocenters. The van der Waals surface area contributed by atoms with Crippen LogP contribution < -0.4 is 15.9 Å². The summed E-state index contributed by atoms with van der Waals surface area (Å²) < 4.78 is 23.9. The van der Waals surface area contributed by atoms with Crippen LogP contribution >= 0.6 is 0 Å². The summed E-state index contributed by atoms with van der Waals surface area (Å²) in [6.45, 7) is 0.340. The minimum absolute atomic E-state index is 0.0951. The van der Waals surface area contributed by atoms with E-state index in [2.05, 4.69) is 0 Å². The van der Waals surface area contributed by atoms with Gasteiger partial charge in [0.1, 0.15) is 24.2 Å². The first kappa shape index (κ1) is 13.8. The number of nitrogens with two attached hydrogens (primary N) is 1. The number of carbonyl (C=O) groups is 1. The fourth-order valence-corrected chi connectivity index (χ4v) is 1.90. The van der Waals surface area contributed by atoms with E-state index in [9.17, 15) is 14.2 Å². The molecule has 19 heavy (non-hydrogen) atoms. The maximum Gasteiger partial charge on any atom is 0.495 e. The zero-order chi connectivity index (χ0) is 14.0. The Bertz CT molecular complexity index is 498. The van der Waals surface area contributed by atoms with E-state index < -0.39 is 24.9 Å². The molecule has 4 N–H and O–H groups in total. The molecule has 0 saturated heterocycles. The van der Waals surface area contributed by atoms with Crippen molar-refractivity contribution < 1.29 is 28.7 Å². The van der Waals surface area contributed by atoms with Crippen molar-refractivity contribution in [2.75, 3.05) is 13.2 Å². The van der Waals surface area contributed by atoms with E-state index >= 15 is 0 Å². The molecule has 102 valence electrons. The Balaban J connectivity index is 2.40. The van der Waals surface area contributed by atoms with Gasteiger partial charge in [0.2, 0.25) is 0 Å². The molecule has 0 aromatic heterocycles. The van der Waals surface area contributed by atoms with Gasteiger partial charge in [-0.15, -0.1) is 0 Å². The first-order chi connectivity index (χ1) is 8.99.